The van der Waals surface area contributed by atoms with E-state index in [1.165, 1.54) is 6.21 Å². The average molecular weight is 442 g/mol. The fraction of sp³-hybridized carbons (Fsp3) is 0.0455. The van der Waals surface area contributed by atoms with Crippen LogP contribution in [0.15, 0.2) is 77.9 Å². The van der Waals surface area contributed by atoms with E-state index in [1.54, 1.807) is 54.6 Å². The second kappa shape index (κ2) is 10.4. The number of nitrogens with zero attached hydrogens (tertiary/aromatic N) is 1. The first-order valence-electron chi connectivity index (χ1n) is 8.87. The monoisotopic (exact) mass is 441 g/mol. The molecule has 0 radical (unpaired) electrons. The van der Waals surface area contributed by atoms with Crippen molar-refractivity contribution in [2.24, 2.45) is 5.10 Å². The fourth-order valence-electron chi connectivity index (χ4n) is 2.39. The normalized spacial score (nSPS) is 10.6. The van der Waals surface area contributed by atoms with Gasteiger partial charge in [-0.05, 0) is 54.1 Å². The Hall–Kier alpha value is -3.35. The summed E-state index contributed by atoms with van der Waals surface area (Å²) in [6, 6.07) is 20.5. The minimum Gasteiger partial charge on any atom is -0.484 e. The van der Waals surface area contributed by atoms with Gasteiger partial charge in [0.1, 0.15) is 5.75 Å². The molecule has 2 N–H and O–H groups in total. The molecule has 0 saturated heterocycles. The molecule has 8 heteroatoms. The summed E-state index contributed by atoms with van der Waals surface area (Å²) in [5, 5.41) is 7.47. The van der Waals surface area contributed by atoms with E-state index in [-0.39, 0.29) is 18.4 Å². The number of hydrogen-bond acceptors (Lipinski definition) is 4. The number of rotatable bonds is 7. The van der Waals surface area contributed by atoms with Gasteiger partial charge in [0.15, 0.2) is 6.61 Å². The molecule has 3 aromatic carbocycles. The number of hydrogen-bond donors (Lipinski definition) is 2. The van der Waals surface area contributed by atoms with E-state index in [4.69, 9.17) is 27.9 Å². The van der Waals surface area contributed by atoms with Crippen molar-refractivity contribution in [1.82, 2.24) is 5.43 Å². The molecule has 0 heterocycles. The van der Waals surface area contributed by atoms with Gasteiger partial charge in [0.25, 0.3) is 11.8 Å². The van der Waals surface area contributed by atoms with Crippen LogP contribution in [0.3, 0.4) is 0 Å². The van der Waals surface area contributed by atoms with Crippen LogP contribution in [-0.2, 0) is 4.79 Å². The van der Waals surface area contributed by atoms with Gasteiger partial charge in [0.05, 0.1) is 16.3 Å². The van der Waals surface area contributed by atoms with Crippen LogP contribution in [0.25, 0.3) is 0 Å². The van der Waals surface area contributed by atoms with Gasteiger partial charge in [-0.15, -0.1) is 0 Å². The second-order valence-corrected chi connectivity index (χ2v) is 6.91. The zero-order valence-corrected chi connectivity index (χ0v) is 17.2. The zero-order chi connectivity index (χ0) is 21.3. The smallest absolute Gasteiger partial charge is 0.271 e. The first kappa shape index (κ1) is 21.4. The minimum absolute atomic E-state index is 0.144. The Labute approximate surface area is 183 Å². The third kappa shape index (κ3) is 6.34. The van der Waals surface area contributed by atoms with Crippen LogP contribution in [-0.4, -0.2) is 24.6 Å². The number of nitrogens with one attached hydrogen (secondary N) is 2. The second-order valence-electron chi connectivity index (χ2n) is 6.10. The van der Waals surface area contributed by atoms with Crippen molar-refractivity contribution in [3.8, 4) is 5.75 Å². The van der Waals surface area contributed by atoms with Gasteiger partial charge in [0, 0.05) is 11.3 Å². The van der Waals surface area contributed by atoms with E-state index in [0.717, 1.165) is 0 Å². The van der Waals surface area contributed by atoms with Gasteiger partial charge < -0.3 is 10.1 Å². The largest absolute Gasteiger partial charge is 0.484 e. The quantitative estimate of drug-likeness (QED) is 0.409. The van der Waals surface area contributed by atoms with Crippen molar-refractivity contribution in [2.75, 3.05) is 11.9 Å². The molecule has 0 fully saturated rings. The van der Waals surface area contributed by atoms with Gasteiger partial charge in [-0.2, -0.15) is 5.10 Å². The number of carbonyl (C=O) groups excluding carboxylic acids is 2. The van der Waals surface area contributed by atoms with Crippen molar-refractivity contribution in [2.45, 2.75) is 0 Å². The Balaban J connectivity index is 1.48. The summed E-state index contributed by atoms with van der Waals surface area (Å²) >= 11 is 11.8. The Morgan fingerprint density at radius 1 is 0.933 bits per heavy atom. The van der Waals surface area contributed by atoms with E-state index in [9.17, 15) is 9.59 Å². The summed E-state index contributed by atoms with van der Waals surface area (Å²) < 4.78 is 5.44. The van der Waals surface area contributed by atoms with Crippen LogP contribution in [0.1, 0.15) is 15.9 Å². The Morgan fingerprint density at radius 3 is 2.37 bits per heavy atom. The number of ether oxygens (including phenoxy) is 1. The lowest BCUT2D eigenvalue weighted by Gasteiger charge is -2.08. The van der Waals surface area contributed by atoms with Crippen molar-refractivity contribution < 1.29 is 14.3 Å². The molecule has 0 unspecified atom stereocenters. The summed E-state index contributed by atoms with van der Waals surface area (Å²) in [6.45, 7) is -0.144. The molecular formula is C22H17Cl2N3O3. The number of para-hydroxylation sites is 1. The fourth-order valence-corrected chi connectivity index (χ4v) is 2.70. The van der Waals surface area contributed by atoms with Crippen LogP contribution in [0.2, 0.25) is 10.0 Å². The van der Waals surface area contributed by atoms with Crippen LogP contribution in [0.4, 0.5) is 5.69 Å². The predicted molar refractivity (Wildman–Crippen MR) is 119 cm³/mol. The maximum absolute atomic E-state index is 12.2. The highest BCUT2D eigenvalue weighted by Crippen LogP contribution is 2.21. The molecule has 0 atom stereocenters. The zero-order valence-electron chi connectivity index (χ0n) is 15.6. The number of benzene rings is 3. The summed E-state index contributed by atoms with van der Waals surface area (Å²) in [7, 11) is 0. The SMILES string of the molecule is O=C(COc1ccc(C(=O)N/N=C/c2ccc(Cl)c(Cl)c2)cc1)Nc1ccccc1. The molecule has 0 aliphatic heterocycles. The number of hydrazone groups is 1. The van der Waals surface area contributed by atoms with E-state index >= 15 is 0 Å². The molecule has 0 spiro atoms. The van der Waals surface area contributed by atoms with Gasteiger partial charge in [-0.25, -0.2) is 5.43 Å². The molecule has 0 aliphatic carbocycles. The molecule has 0 aromatic heterocycles. The van der Waals surface area contributed by atoms with E-state index in [2.05, 4.69) is 15.8 Å². The third-order valence-electron chi connectivity index (χ3n) is 3.87. The number of amides is 2. The highest BCUT2D eigenvalue weighted by Gasteiger charge is 2.07. The van der Waals surface area contributed by atoms with Gasteiger partial charge >= 0.3 is 0 Å². The van der Waals surface area contributed by atoms with Gasteiger partial charge in [-0.3, -0.25) is 9.59 Å². The predicted octanol–water partition coefficient (Wildman–Crippen LogP) is 4.77. The summed E-state index contributed by atoms with van der Waals surface area (Å²) in [5.74, 6) is -0.201. The molecule has 0 bridgehead atoms. The Morgan fingerprint density at radius 2 is 1.67 bits per heavy atom. The molecule has 0 aliphatic rings. The Kier molecular flexibility index (Phi) is 7.43. The lowest BCUT2D eigenvalue weighted by Crippen LogP contribution is -2.20. The molecule has 152 valence electrons. The van der Waals surface area contributed by atoms with Crippen molar-refractivity contribution in [3.05, 3.63) is 94.0 Å². The molecule has 3 rings (SSSR count). The van der Waals surface area contributed by atoms with E-state index < -0.39 is 0 Å². The minimum atomic E-state index is -0.389. The maximum atomic E-state index is 12.2. The standard InChI is InChI=1S/C22H17Cl2N3O3/c23-19-11-6-15(12-20(19)24)13-25-27-22(29)16-7-9-18(10-8-16)30-14-21(28)26-17-4-2-1-3-5-17/h1-13H,14H2,(H,26,28)(H,27,29)/b25-13+. The van der Waals surface area contributed by atoms with Gasteiger partial charge in [0.2, 0.25) is 0 Å². The van der Waals surface area contributed by atoms with Crippen LogP contribution < -0.4 is 15.5 Å². The molecule has 2 amide bonds. The molecular weight excluding hydrogens is 425 g/mol. The van der Waals surface area contributed by atoms with Gasteiger partial charge in [-0.1, -0.05) is 47.5 Å². The third-order valence-corrected chi connectivity index (χ3v) is 4.61. The van der Waals surface area contributed by atoms with Crippen LogP contribution >= 0.6 is 23.2 Å². The summed E-state index contributed by atoms with van der Waals surface area (Å²) in [5.41, 5.74) is 4.21. The molecule has 3 aromatic rings. The first-order valence-corrected chi connectivity index (χ1v) is 9.63. The molecule has 0 saturated carbocycles. The average Bonchev–Trinajstić information content (AvgIpc) is 2.76. The summed E-state index contributed by atoms with van der Waals surface area (Å²) in [4.78, 5) is 24.1. The first-order chi connectivity index (χ1) is 14.5. The molecule has 6 nitrogen and oxygen atoms in total. The van der Waals surface area contributed by atoms with Crippen LogP contribution in [0.5, 0.6) is 5.75 Å². The van der Waals surface area contributed by atoms with Crippen molar-refractivity contribution in [1.29, 1.82) is 0 Å². The van der Waals surface area contributed by atoms with Crippen molar-refractivity contribution in [3.63, 3.8) is 0 Å². The lowest BCUT2D eigenvalue weighted by molar-refractivity contribution is -0.118. The van der Waals surface area contributed by atoms with E-state index in [1.807, 2.05) is 18.2 Å². The number of carbonyl (C=O) groups is 2. The highest BCUT2D eigenvalue weighted by atomic mass is 35.5. The maximum Gasteiger partial charge on any atom is 0.271 e. The lowest BCUT2D eigenvalue weighted by atomic mass is 10.2. The summed E-state index contributed by atoms with van der Waals surface area (Å²) in [6.07, 6.45) is 1.46. The Bertz CT molecular complexity index is 1050. The number of anilines is 1. The highest BCUT2D eigenvalue weighted by molar-refractivity contribution is 6.42. The topological polar surface area (TPSA) is 79.8 Å². The van der Waals surface area contributed by atoms with Crippen molar-refractivity contribution >= 4 is 46.9 Å². The van der Waals surface area contributed by atoms with Crippen LogP contribution in [0, 0.1) is 0 Å². The van der Waals surface area contributed by atoms with E-state index in [0.29, 0.717) is 32.6 Å². The molecule has 30 heavy (non-hydrogen) atoms. The number of halogens is 2.